The van der Waals surface area contributed by atoms with Gasteiger partial charge in [-0.05, 0) is 36.1 Å². The smallest absolute Gasteiger partial charge is 0.251 e. The maximum Gasteiger partial charge on any atom is 0.251 e. The molecular formula is C20H25NO2. The van der Waals surface area contributed by atoms with Crippen molar-refractivity contribution in [3.8, 4) is 16.9 Å². The fourth-order valence-electron chi connectivity index (χ4n) is 2.51. The minimum absolute atomic E-state index is 0.0910. The van der Waals surface area contributed by atoms with Crippen molar-refractivity contribution in [1.82, 2.24) is 5.32 Å². The fourth-order valence-corrected chi connectivity index (χ4v) is 2.51. The molecule has 122 valence electrons. The highest BCUT2D eigenvalue weighted by Gasteiger charge is 2.10. The molecule has 0 aromatic heterocycles. The number of unbranched alkanes of at least 4 members (excludes halogenated alkanes) is 1. The van der Waals surface area contributed by atoms with Crippen molar-refractivity contribution in [1.29, 1.82) is 0 Å². The second kappa shape index (κ2) is 8.37. The van der Waals surface area contributed by atoms with E-state index in [4.69, 9.17) is 0 Å². The van der Waals surface area contributed by atoms with Gasteiger partial charge in [0.05, 0.1) is 0 Å². The molecular weight excluding hydrogens is 286 g/mol. The van der Waals surface area contributed by atoms with Crippen molar-refractivity contribution in [3.05, 3.63) is 54.1 Å². The number of benzene rings is 2. The maximum atomic E-state index is 12.2. The van der Waals surface area contributed by atoms with Crippen LogP contribution in [0.3, 0.4) is 0 Å². The zero-order valence-corrected chi connectivity index (χ0v) is 13.9. The van der Waals surface area contributed by atoms with Gasteiger partial charge in [0.1, 0.15) is 5.75 Å². The Morgan fingerprint density at radius 1 is 1.09 bits per heavy atom. The standard InChI is InChI=1S/C20H25NO2/c1-15(2)8-6-7-13-21-20(23)17-11-12-19(22)18(14-17)16-9-4-3-5-10-16/h3-5,9-12,14-15,22H,6-8,13H2,1-2H3,(H,21,23). The molecule has 0 fully saturated rings. The average Bonchev–Trinajstić information content (AvgIpc) is 2.55. The Balaban J connectivity index is 1.99. The highest BCUT2D eigenvalue weighted by molar-refractivity contribution is 5.96. The predicted molar refractivity (Wildman–Crippen MR) is 94.6 cm³/mol. The van der Waals surface area contributed by atoms with Gasteiger partial charge in [-0.2, -0.15) is 0 Å². The van der Waals surface area contributed by atoms with Gasteiger partial charge in [-0.1, -0.05) is 57.0 Å². The summed E-state index contributed by atoms with van der Waals surface area (Å²) in [5.74, 6) is 0.799. The van der Waals surface area contributed by atoms with E-state index < -0.39 is 0 Å². The highest BCUT2D eigenvalue weighted by Crippen LogP contribution is 2.29. The summed E-state index contributed by atoms with van der Waals surface area (Å²) in [7, 11) is 0. The van der Waals surface area contributed by atoms with Crippen molar-refractivity contribution in [2.24, 2.45) is 5.92 Å². The summed E-state index contributed by atoms with van der Waals surface area (Å²) >= 11 is 0. The van der Waals surface area contributed by atoms with E-state index in [1.54, 1.807) is 18.2 Å². The molecule has 3 heteroatoms. The molecule has 0 aliphatic carbocycles. The fraction of sp³-hybridized carbons (Fsp3) is 0.350. The maximum absolute atomic E-state index is 12.2. The summed E-state index contributed by atoms with van der Waals surface area (Å²) in [4.78, 5) is 12.2. The third-order valence-electron chi connectivity index (χ3n) is 3.84. The van der Waals surface area contributed by atoms with Gasteiger partial charge in [0.2, 0.25) is 0 Å². The summed E-state index contributed by atoms with van der Waals surface area (Å²) < 4.78 is 0. The Morgan fingerprint density at radius 3 is 2.52 bits per heavy atom. The molecule has 0 aliphatic rings. The third-order valence-corrected chi connectivity index (χ3v) is 3.84. The first-order valence-electron chi connectivity index (χ1n) is 8.24. The van der Waals surface area contributed by atoms with Crippen molar-refractivity contribution < 1.29 is 9.90 Å². The van der Waals surface area contributed by atoms with Crippen LogP contribution in [0.25, 0.3) is 11.1 Å². The largest absolute Gasteiger partial charge is 0.507 e. The number of carbonyl (C=O) groups is 1. The van der Waals surface area contributed by atoms with Gasteiger partial charge >= 0.3 is 0 Å². The normalized spacial score (nSPS) is 10.7. The first-order chi connectivity index (χ1) is 11.1. The number of rotatable bonds is 7. The number of hydrogen-bond acceptors (Lipinski definition) is 2. The van der Waals surface area contributed by atoms with Gasteiger partial charge in [0.15, 0.2) is 0 Å². The number of nitrogens with one attached hydrogen (secondary N) is 1. The Morgan fingerprint density at radius 2 is 1.83 bits per heavy atom. The second-order valence-electron chi connectivity index (χ2n) is 6.24. The summed E-state index contributed by atoms with van der Waals surface area (Å²) in [5, 5.41) is 13.0. The van der Waals surface area contributed by atoms with E-state index in [0.29, 0.717) is 23.6 Å². The molecule has 0 unspecified atom stereocenters. The molecule has 2 rings (SSSR count). The van der Waals surface area contributed by atoms with Crippen LogP contribution in [0.5, 0.6) is 5.75 Å². The number of carbonyl (C=O) groups excluding carboxylic acids is 1. The molecule has 2 N–H and O–H groups in total. The monoisotopic (exact) mass is 311 g/mol. The quantitative estimate of drug-likeness (QED) is 0.733. The van der Waals surface area contributed by atoms with Crippen LogP contribution in [0.4, 0.5) is 0 Å². The molecule has 0 heterocycles. The van der Waals surface area contributed by atoms with Gasteiger partial charge in [-0.25, -0.2) is 0 Å². The lowest BCUT2D eigenvalue weighted by atomic mass is 10.0. The number of aromatic hydroxyl groups is 1. The van der Waals surface area contributed by atoms with Gasteiger partial charge in [-0.3, -0.25) is 4.79 Å². The molecule has 0 atom stereocenters. The Bertz CT molecular complexity index is 635. The first-order valence-corrected chi connectivity index (χ1v) is 8.24. The molecule has 0 radical (unpaired) electrons. The number of phenols is 1. The summed E-state index contributed by atoms with van der Waals surface area (Å²) in [6.07, 6.45) is 3.31. The Hall–Kier alpha value is -2.29. The summed E-state index contributed by atoms with van der Waals surface area (Å²) in [6, 6.07) is 14.6. The summed E-state index contributed by atoms with van der Waals surface area (Å²) in [5.41, 5.74) is 2.15. The lowest BCUT2D eigenvalue weighted by Gasteiger charge is -2.09. The van der Waals surface area contributed by atoms with Gasteiger partial charge in [0.25, 0.3) is 5.91 Å². The van der Waals surface area contributed by atoms with E-state index in [1.807, 2.05) is 30.3 Å². The van der Waals surface area contributed by atoms with Gasteiger partial charge in [0, 0.05) is 17.7 Å². The van der Waals surface area contributed by atoms with E-state index in [9.17, 15) is 9.90 Å². The molecule has 0 bridgehead atoms. The van der Waals surface area contributed by atoms with Crippen LogP contribution >= 0.6 is 0 Å². The van der Waals surface area contributed by atoms with Crippen LogP contribution in [0.15, 0.2) is 48.5 Å². The molecule has 0 spiro atoms. The van der Waals surface area contributed by atoms with Crippen LogP contribution in [-0.2, 0) is 0 Å². The molecule has 2 aromatic rings. The van der Waals surface area contributed by atoms with Crippen molar-refractivity contribution in [2.75, 3.05) is 6.54 Å². The van der Waals surface area contributed by atoms with Crippen molar-refractivity contribution in [2.45, 2.75) is 33.1 Å². The molecule has 3 nitrogen and oxygen atoms in total. The molecule has 23 heavy (non-hydrogen) atoms. The number of amides is 1. The van der Waals surface area contributed by atoms with Crippen LogP contribution in [0.1, 0.15) is 43.5 Å². The van der Waals surface area contributed by atoms with Crippen molar-refractivity contribution in [3.63, 3.8) is 0 Å². The molecule has 2 aromatic carbocycles. The first kappa shape index (κ1) is 17.1. The zero-order valence-electron chi connectivity index (χ0n) is 13.9. The third kappa shape index (κ3) is 5.13. The van der Waals surface area contributed by atoms with Gasteiger partial charge < -0.3 is 10.4 Å². The second-order valence-corrected chi connectivity index (χ2v) is 6.24. The molecule has 0 saturated heterocycles. The molecule has 0 aliphatic heterocycles. The lowest BCUT2D eigenvalue weighted by molar-refractivity contribution is 0.0953. The van der Waals surface area contributed by atoms with E-state index in [-0.39, 0.29) is 11.7 Å². The summed E-state index contributed by atoms with van der Waals surface area (Å²) in [6.45, 7) is 5.10. The Kier molecular flexibility index (Phi) is 6.21. The average molecular weight is 311 g/mol. The Labute approximate surface area is 138 Å². The van der Waals surface area contributed by atoms with Crippen LogP contribution in [-0.4, -0.2) is 17.6 Å². The highest BCUT2D eigenvalue weighted by atomic mass is 16.3. The topological polar surface area (TPSA) is 49.3 Å². The lowest BCUT2D eigenvalue weighted by Crippen LogP contribution is -2.24. The minimum Gasteiger partial charge on any atom is -0.507 e. The predicted octanol–water partition coefficient (Wildman–Crippen LogP) is 4.62. The van der Waals surface area contributed by atoms with Crippen molar-refractivity contribution >= 4 is 5.91 Å². The molecule has 0 saturated carbocycles. The van der Waals surface area contributed by atoms with E-state index in [1.165, 1.54) is 6.42 Å². The van der Waals surface area contributed by atoms with Gasteiger partial charge in [-0.15, -0.1) is 0 Å². The van der Waals surface area contributed by atoms with E-state index >= 15 is 0 Å². The van der Waals surface area contributed by atoms with E-state index in [2.05, 4.69) is 19.2 Å². The number of phenolic OH excluding ortho intramolecular Hbond substituents is 1. The van der Waals surface area contributed by atoms with E-state index in [0.717, 1.165) is 18.4 Å². The van der Waals surface area contributed by atoms with Crippen LogP contribution in [0.2, 0.25) is 0 Å². The number of hydrogen-bond donors (Lipinski definition) is 2. The van der Waals surface area contributed by atoms with Crippen LogP contribution in [0, 0.1) is 5.92 Å². The zero-order chi connectivity index (χ0) is 16.7. The van der Waals surface area contributed by atoms with Crippen LogP contribution < -0.4 is 5.32 Å². The SMILES string of the molecule is CC(C)CCCCNC(=O)c1ccc(O)c(-c2ccccc2)c1. The minimum atomic E-state index is -0.0910. The molecule has 1 amide bonds.